The molecule has 0 radical (unpaired) electrons. The van der Waals surface area contributed by atoms with E-state index < -0.39 is 10.0 Å². The van der Waals surface area contributed by atoms with Crippen LogP contribution in [0.1, 0.15) is 63.4 Å². The minimum absolute atomic E-state index is 0.0327. The first-order valence-corrected chi connectivity index (χ1v) is 12.0. The molecule has 1 N–H and O–H groups in total. The van der Waals surface area contributed by atoms with Gasteiger partial charge in [0.2, 0.25) is 15.9 Å². The maximum absolute atomic E-state index is 12.4. The molecule has 7 nitrogen and oxygen atoms in total. The van der Waals surface area contributed by atoms with E-state index in [0.29, 0.717) is 51.1 Å². The molecule has 0 unspecified atom stereocenters. The Morgan fingerprint density at radius 2 is 1.89 bits per heavy atom. The lowest BCUT2D eigenvalue weighted by Crippen LogP contribution is -2.47. The van der Waals surface area contributed by atoms with Crippen LogP contribution in [0.2, 0.25) is 0 Å². The molecule has 0 aliphatic carbocycles. The van der Waals surface area contributed by atoms with Crippen molar-refractivity contribution in [2.24, 2.45) is 5.92 Å². The van der Waals surface area contributed by atoms with Gasteiger partial charge in [0.15, 0.2) is 0 Å². The second-order valence-corrected chi connectivity index (χ2v) is 10.4. The summed E-state index contributed by atoms with van der Waals surface area (Å²) in [6, 6.07) is 0.0615. The van der Waals surface area contributed by atoms with Crippen LogP contribution >= 0.6 is 0 Å². The molecular weight excluding hydrogens is 376 g/mol. The van der Waals surface area contributed by atoms with Crippen LogP contribution in [0.15, 0.2) is 0 Å². The molecule has 1 saturated heterocycles. The summed E-state index contributed by atoms with van der Waals surface area (Å²) in [7, 11) is -3.14. The maximum Gasteiger partial charge on any atom is 0.220 e. The molecule has 0 spiro atoms. The van der Waals surface area contributed by atoms with Crippen molar-refractivity contribution in [1.82, 2.24) is 19.4 Å². The van der Waals surface area contributed by atoms with E-state index in [2.05, 4.69) is 31.2 Å². The number of aromatic nitrogens is 2. The van der Waals surface area contributed by atoms with Crippen molar-refractivity contribution in [2.45, 2.75) is 79.3 Å². The number of hydrogen-bond donors (Lipinski definition) is 1. The highest BCUT2D eigenvalue weighted by atomic mass is 32.2. The largest absolute Gasteiger partial charge is 0.353 e. The van der Waals surface area contributed by atoms with Gasteiger partial charge in [-0.1, -0.05) is 20.8 Å². The molecular formula is C20H36N4O3S. The fourth-order valence-corrected chi connectivity index (χ4v) is 5.36. The Bertz CT molecular complexity index is 763. The van der Waals surface area contributed by atoms with Crippen molar-refractivity contribution in [1.29, 1.82) is 0 Å². The molecule has 160 valence electrons. The van der Waals surface area contributed by atoms with Gasteiger partial charge in [-0.2, -0.15) is 5.10 Å². The minimum Gasteiger partial charge on any atom is -0.353 e. The highest BCUT2D eigenvalue weighted by molar-refractivity contribution is 7.89. The number of piperidine rings is 1. The minimum atomic E-state index is -3.14. The van der Waals surface area contributed by atoms with Gasteiger partial charge in [0.1, 0.15) is 0 Å². The molecule has 1 aromatic rings. The van der Waals surface area contributed by atoms with Crippen LogP contribution in [0.25, 0.3) is 0 Å². The lowest BCUT2D eigenvalue weighted by atomic mass is 10.0. The van der Waals surface area contributed by atoms with Crippen molar-refractivity contribution >= 4 is 15.9 Å². The summed E-state index contributed by atoms with van der Waals surface area (Å²) in [6.45, 7) is 12.2. The molecule has 1 aliphatic rings. The third kappa shape index (κ3) is 6.04. The Morgan fingerprint density at radius 1 is 1.25 bits per heavy atom. The van der Waals surface area contributed by atoms with E-state index in [9.17, 15) is 13.2 Å². The van der Waals surface area contributed by atoms with E-state index in [4.69, 9.17) is 0 Å². The van der Waals surface area contributed by atoms with Crippen LogP contribution in [-0.4, -0.2) is 53.3 Å². The van der Waals surface area contributed by atoms with E-state index in [0.717, 1.165) is 23.5 Å². The zero-order valence-corrected chi connectivity index (χ0v) is 18.8. The number of nitrogens with one attached hydrogen (secondary N) is 1. The van der Waals surface area contributed by atoms with Crippen molar-refractivity contribution in [3.63, 3.8) is 0 Å². The van der Waals surface area contributed by atoms with Gasteiger partial charge >= 0.3 is 0 Å². The Morgan fingerprint density at radius 3 is 2.46 bits per heavy atom. The SMILES string of the molecule is CCCS(=O)(=O)N1CCC(NC(=O)CCc2c(C)nn(CC(C)C)c2C)CC1. The summed E-state index contributed by atoms with van der Waals surface area (Å²) in [5.74, 6) is 0.763. The van der Waals surface area contributed by atoms with Crippen LogP contribution < -0.4 is 5.32 Å². The smallest absolute Gasteiger partial charge is 0.220 e. The summed E-state index contributed by atoms with van der Waals surface area (Å²) in [5, 5.41) is 7.70. The van der Waals surface area contributed by atoms with Gasteiger partial charge in [-0.3, -0.25) is 9.48 Å². The van der Waals surface area contributed by atoms with Gasteiger partial charge < -0.3 is 5.32 Å². The van der Waals surface area contributed by atoms with Gasteiger partial charge in [0.25, 0.3) is 0 Å². The van der Waals surface area contributed by atoms with Gasteiger partial charge in [-0.15, -0.1) is 0 Å². The number of rotatable bonds is 9. The molecule has 0 saturated carbocycles. The van der Waals surface area contributed by atoms with Gasteiger partial charge in [-0.25, -0.2) is 12.7 Å². The summed E-state index contributed by atoms with van der Waals surface area (Å²) in [4.78, 5) is 12.4. The van der Waals surface area contributed by atoms with Gasteiger partial charge in [0.05, 0.1) is 11.4 Å². The lowest BCUT2D eigenvalue weighted by molar-refractivity contribution is -0.122. The normalized spacial score (nSPS) is 16.6. The standard InChI is InChI=1S/C20H36N4O3S/c1-6-13-28(26,27)23-11-9-18(10-12-23)21-20(25)8-7-19-16(4)22-24(17(19)5)14-15(2)3/h15,18H,6-14H2,1-5H3,(H,21,25). The average Bonchev–Trinajstić information content (AvgIpc) is 2.86. The van der Waals surface area contributed by atoms with Crippen LogP contribution in [-0.2, 0) is 27.8 Å². The Balaban J connectivity index is 1.82. The molecule has 1 aromatic heterocycles. The predicted molar refractivity (Wildman–Crippen MR) is 112 cm³/mol. The first-order valence-electron chi connectivity index (χ1n) is 10.4. The quantitative estimate of drug-likeness (QED) is 0.675. The molecule has 28 heavy (non-hydrogen) atoms. The average molecular weight is 413 g/mol. The maximum atomic E-state index is 12.4. The number of carbonyl (C=O) groups is 1. The first kappa shape index (κ1) is 22.9. The number of nitrogens with zero attached hydrogens (tertiary/aromatic N) is 3. The summed E-state index contributed by atoms with van der Waals surface area (Å²) >= 11 is 0. The van der Waals surface area contributed by atoms with Crippen LogP contribution in [0.3, 0.4) is 0 Å². The van der Waals surface area contributed by atoms with E-state index in [1.54, 1.807) is 4.31 Å². The monoisotopic (exact) mass is 412 g/mol. The molecule has 2 heterocycles. The number of aryl methyl sites for hydroxylation is 1. The van der Waals surface area contributed by atoms with Crippen LogP contribution in [0.4, 0.5) is 0 Å². The fraction of sp³-hybridized carbons (Fsp3) is 0.800. The van der Waals surface area contributed by atoms with Crippen molar-refractivity contribution in [3.05, 3.63) is 17.0 Å². The fourth-order valence-electron chi connectivity index (χ4n) is 3.82. The van der Waals surface area contributed by atoms with Crippen molar-refractivity contribution in [3.8, 4) is 0 Å². The topological polar surface area (TPSA) is 84.3 Å². The number of amides is 1. The zero-order valence-electron chi connectivity index (χ0n) is 18.0. The highest BCUT2D eigenvalue weighted by Gasteiger charge is 2.28. The zero-order chi connectivity index (χ0) is 20.9. The molecule has 0 bridgehead atoms. The molecule has 0 aromatic carbocycles. The number of carbonyl (C=O) groups excluding carboxylic acids is 1. The number of hydrogen-bond acceptors (Lipinski definition) is 4. The van der Waals surface area contributed by atoms with Crippen molar-refractivity contribution < 1.29 is 13.2 Å². The number of sulfonamides is 1. The van der Waals surface area contributed by atoms with Gasteiger partial charge in [0, 0.05) is 37.8 Å². The van der Waals surface area contributed by atoms with Gasteiger partial charge in [-0.05, 0) is 51.0 Å². The van der Waals surface area contributed by atoms with Crippen LogP contribution in [0, 0.1) is 19.8 Å². The van der Waals surface area contributed by atoms with Crippen molar-refractivity contribution in [2.75, 3.05) is 18.8 Å². The van der Waals surface area contributed by atoms with E-state index in [-0.39, 0.29) is 17.7 Å². The first-order chi connectivity index (χ1) is 13.1. The Kier molecular flexibility index (Phi) is 8.07. The predicted octanol–water partition coefficient (Wildman–Crippen LogP) is 2.41. The second-order valence-electron chi connectivity index (χ2n) is 8.28. The van der Waals surface area contributed by atoms with Crippen LogP contribution in [0.5, 0.6) is 0 Å². The third-order valence-electron chi connectivity index (χ3n) is 5.35. The summed E-state index contributed by atoms with van der Waals surface area (Å²) in [5.41, 5.74) is 3.31. The molecule has 2 rings (SSSR count). The summed E-state index contributed by atoms with van der Waals surface area (Å²) < 4.78 is 27.9. The molecule has 8 heteroatoms. The highest BCUT2D eigenvalue weighted by Crippen LogP contribution is 2.18. The molecule has 1 fully saturated rings. The van der Waals surface area contributed by atoms with E-state index >= 15 is 0 Å². The van der Waals surface area contributed by atoms with E-state index in [1.165, 1.54) is 0 Å². The lowest BCUT2D eigenvalue weighted by Gasteiger charge is -2.31. The molecule has 1 amide bonds. The van der Waals surface area contributed by atoms with E-state index in [1.807, 2.05) is 18.5 Å². The third-order valence-corrected chi connectivity index (χ3v) is 7.42. The summed E-state index contributed by atoms with van der Waals surface area (Å²) in [6.07, 6.45) is 3.11. The molecule has 1 aliphatic heterocycles. The second kappa shape index (κ2) is 9.87. The Labute approximate surface area is 169 Å². The molecule has 0 atom stereocenters. The Hall–Kier alpha value is -1.41.